The number of hydrogen-bond acceptors (Lipinski definition) is 4. The summed E-state index contributed by atoms with van der Waals surface area (Å²) in [5.41, 5.74) is -0.686. The van der Waals surface area contributed by atoms with Crippen LogP contribution in [-0.2, 0) is 0 Å². The number of thiophene rings is 1. The highest BCUT2D eigenvalue weighted by Gasteiger charge is 2.34. The van der Waals surface area contributed by atoms with E-state index in [1.165, 1.54) is 11.3 Å². The van der Waals surface area contributed by atoms with Crippen molar-refractivity contribution in [1.82, 2.24) is 5.32 Å². The summed E-state index contributed by atoms with van der Waals surface area (Å²) >= 11 is 4.65. The molecule has 0 radical (unpaired) electrons. The molecule has 0 aromatic carbocycles. The van der Waals surface area contributed by atoms with Crippen LogP contribution in [0.4, 0.5) is 0 Å². The van der Waals surface area contributed by atoms with E-state index < -0.39 is 5.60 Å². The zero-order chi connectivity index (χ0) is 12.5. The molecule has 4 nitrogen and oxygen atoms in total. The number of rotatable bonds is 4. The molecule has 1 aliphatic carbocycles. The average molecular weight is 320 g/mol. The van der Waals surface area contributed by atoms with Gasteiger partial charge in [-0.15, -0.1) is 11.3 Å². The highest BCUT2D eigenvalue weighted by atomic mass is 79.9. The molecule has 0 saturated heterocycles. The van der Waals surface area contributed by atoms with Gasteiger partial charge in [0.05, 0.1) is 17.6 Å². The van der Waals surface area contributed by atoms with Crippen molar-refractivity contribution < 1.29 is 14.6 Å². The molecular weight excluding hydrogens is 306 g/mol. The lowest BCUT2D eigenvalue weighted by atomic mass is 9.80. The number of carbonyl (C=O) groups is 1. The van der Waals surface area contributed by atoms with Crippen molar-refractivity contribution in [2.45, 2.75) is 24.9 Å². The third-order valence-corrected chi connectivity index (χ3v) is 4.74. The van der Waals surface area contributed by atoms with Gasteiger partial charge in [-0.2, -0.15) is 0 Å². The summed E-state index contributed by atoms with van der Waals surface area (Å²) in [7, 11) is 1.56. The van der Waals surface area contributed by atoms with E-state index >= 15 is 0 Å². The molecule has 1 fully saturated rings. The number of amides is 1. The van der Waals surface area contributed by atoms with Crippen LogP contribution in [0.2, 0.25) is 0 Å². The largest absolute Gasteiger partial charge is 0.495 e. The number of carbonyl (C=O) groups excluding carboxylic acids is 1. The standard InChI is InChI=1S/C11H14BrNO3S/c1-16-7-5-8(17-9(7)12)10(14)13-6-11(15)3-2-4-11/h5,15H,2-4,6H2,1H3,(H,13,14). The topological polar surface area (TPSA) is 58.6 Å². The van der Waals surface area contributed by atoms with E-state index in [-0.39, 0.29) is 5.91 Å². The Hall–Kier alpha value is -0.590. The summed E-state index contributed by atoms with van der Waals surface area (Å²) in [5.74, 6) is 0.488. The van der Waals surface area contributed by atoms with Crippen LogP contribution in [0.15, 0.2) is 9.85 Å². The lowest BCUT2D eigenvalue weighted by Gasteiger charge is -2.36. The van der Waals surface area contributed by atoms with Gasteiger partial charge in [0.1, 0.15) is 9.54 Å². The predicted octanol–water partition coefficient (Wildman–Crippen LogP) is 2.16. The Bertz CT molecular complexity index is 428. The molecule has 17 heavy (non-hydrogen) atoms. The quantitative estimate of drug-likeness (QED) is 0.894. The van der Waals surface area contributed by atoms with Crippen molar-refractivity contribution in [3.8, 4) is 5.75 Å². The van der Waals surface area contributed by atoms with Crippen LogP contribution in [-0.4, -0.2) is 30.3 Å². The number of methoxy groups -OCH3 is 1. The molecular formula is C11H14BrNO3S. The first-order valence-electron chi connectivity index (χ1n) is 5.38. The lowest BCUT2D eigenvalue weighted by molar-refractivity contribution is -0.0300. The molecule has 94 valence electrons. The molecule has 0 spiro atoms. The zero-order valence-electron chi connectivity index (χ0n) is 9.46. The molecule has 1 heterocycles. The van der Waals surface area contributed by atoms with Crippen LogP contribution in [0.3, 0.4) is 0 Å². The Morgan fingerprint density at radius 1 is 1.71 bits per heavy atom. The molecule has 0 atom stereocenters. The second kappa shape index (κ2) is 4.96. The van der Waals surface area contributed by atoms with Crippen LogP contribution < -0.4 is 10.1 Å². The minimum atomic E-state index is -0.686. The molecule has 6 heteroatoms. The molecule has 0 unspecified atom stereocenters. The van der Waals surface area contributed by atoms with Crippen LogP contribution in [0, 0.1) is 0 Å². The van der Waals surface area contributed by atoms with Gasteiger partial charge in [0.15, 0.2) is 0 Å². The number of aliphatic hydroxyl groups is 1. The van der Waals surface area contributed by atoms with E-state index in [1.807, 2.05) is 0 Å². The maximum absolute atomic E-state index is 11.8. The van der Waals surface area contributed by atoms with Gasteiger partial charge in [-0.3, -0.25) is 4.79 Å². The molecule has 1 aromatic heterocycles. The first-order valence-corrected chi connectivity index (χ1v) is 6.99. The first-order chi connectivity index (χ1) is 8.04. The monoisotopic (exact) mass is 319 g/mol. The van der Waals surface area contributed by atoms with Crippen LogP contribution in [0.5, 0.6) is 5.75 Å². The second-order valence-corrected chi connectivity index (χ2v) is 6.58. The fraction of sp³-hybridized carbons (Fsp3) is 0.545. The SMILES string of the molecule is COc1cc(C(=O)NCC2(O)CCC2)sc1Br. The first kappa shape index (κ1) is 12.9. The Kier molecular flexibility index (Phi) is 3.75. The summed E-state index contributed by atoms with van der Waals surface area (Å²) in [6, 6.07) is 1.69. The summed E-state index contributed by atoms with van der Waals surface area (Å²) in [5, 5.41) is 12.6. The summed E-state index contributed by atoms with van der Waals surface area (Å²) < 4.78 is 5.89. The predicted molar refractivity (Wildman–Crippen MR) is 69.7 cm³/mol. The highest BCUT2D eigenvalue weighted by molar-refractivity contribution is 9.11. The van der Waals surface area contributed by atoms with Crippen molar-refractivity contribution >= 4 is 33.2 Å². The van der Waals surface area contributed by atoms with E-state index in [1.54, 1.807) is 13.2 Å². The fourth-order valence-electron chi connectivity index (χ4n) is 1.70. The van der Waals surface area contributed by atoms with Crippen molar-refractivity contribution in [3.05, 3.63) is 14.7 Å². The Morgan fingerprint density at radius 3 is 2.88 bits per heavy atom. The molecule has 1 amide bonds. The van der Waals surface area contributed by atoms with Gasteiger partial charge in [-0.1, -0.05) is 0 Å². The minimum Gasteiger partial charge on any atom is -0.495 e. The number of nitrogens with one attached hydrogen (secondary N) is 1. The van der Waals surface area contributed by atoms with Crippen molar-refractivity contribution in [3.63, 3.8) is 0 Å². The van der Waals surface area contributed by atoms with E-state index in [0.29, 0.717) is 17.2 Å². The van der Waals surface area contributed by atoms with Crippen molar-refractivity contribution in [2.24, 2.45) is 0 Å². The smallest absolute Gasteiger partial charge is 0.261 e. The molecule has 2 N–H and O–H groups in total. The van der Waals surface area contributed by atoms with Gasteiger partial charge in [-0.05, 0) is 35.2 Å². The minimum absolute atomic E-state index is 0.167. The van der Waals surface area contributed by atoms with E-state index in [2.05, 4.69) is 21.2 Å². The second-order valence-electron chi connectivity index (χ2n) is 4.21. The molecule has 2 rings (SSSR count). The van der Waals surface area contributed by atoms with Crippen molar-refractivity contribution in [1.29, 1.82) is 0 Å². The third-order valence-electron chi connectivity index (χ3n) is 2.96. The molecule has 0 bridgehead atoms. The van der Waals surface area contributed by atoms with Crippen LogP contribution >= 0.6 is 27.3 Å². The molecule has 0 aliphatic heterocycles. The number of halogens is 1. The third kappa shape index (κ3) is 2.81. The summed E-state index contributed by atoms with van der Waals surface area (Å²) in [4.78, 5) is 12.4. The highest BCUT2D eigenvalue weighted by Crippen LogP contribution is 2.34. The van der Waals surface area contributed by atoms with Crippen LogP contribution in [0.25, 0.3) is 0 Å². The maximum atomic E-state index is 11.8. The number of ether oxygens (including phenoxy) is 1. The average Bonchev–Trinajstić information content (AvgIpc) is 2.65. The van der Waals surface area contributed by atoms with Gasteiger partial charge in [0, 0.05) is 12.6 Å². The Morgan fingerprint density at radius 2 is 2.41 bits per heavy atom. The fourth-order valence-corrected chi connectivity index (χ4v) is 3.26. The van der Waals surface area contributed by atoms with E-state index in [4.69, 9.17) is 4.74 Å². The van der Waals surface area contributed by atoms with Crippen molar-refractivity contribution in [2.75, 3.05) is 13.7 Å². The molecule has 1 aromatic rings. The van der Waals surface area contributed by atoms with Crippen LogP contribution in [0.1, 0.15) is 28.9 Å². The zero-order valence-corrected chi connectivity index (χ0v) is 11.9. The normalized spacial score (nSPS) is 17.4. The van der Waals surface area contributed by atoms with Gasteiger partial charge in [-0.25, -0.2) is 0 Å². The van der Waals surface area contributed by atoms with Gasteiger partial charge in [0.25, 0.3) is 5.91 Å². The summed E-state index contributed by atoms with van der Waals surface area (Å²) in [6.45, 7) is 0.323. The Labute approximate surface area is 112 Å². The maximum Gasteiger partial charge on any atom is 0.261 e. The Balaban J connectivity index is 1.94. The van der Waals surface area contributed by atoms with E-state index in [0.717, 1.165) is 23.0 Å². The summed E-state index contributed by atoms with van der Waals surface area (Å²) in [6.07, 6.45) is 2.57. The number of hydrogen-bond donors (Lipinski definition) is 2. The lowest BCUT2D eigenvalue weighted by Crippen LogP contribution is -2.47. The van der Waals surface area contributed by atoms with Gasteiger partial charge >= 0.3 is 0 Å². The van der Waals surface area contributed by atoms with E-state index in [9.17, 15) is 9.90 Å². The van der Waals surface area contributed by atoms with Gasteiger partial charge in [0.2, 0.25) is 0 Å². The molecule has 1 saturated carbocycles. The van der Waals surface area contributed by atoms with Gasteiger partial charge < -0.3 is 15.2 Å². The molecule has 1 aliphatic rings.